The molecule has 2 aromatic carbocycles. The quantitative estimate of drug-likeness (QED) is 0.453. The SMILES string of the molecule is O=C(CC1(NC(=O)OCC2c3ccccc3-c3ccccc32)CC1)NCc1ncc(C(=O)O)s1. The second kappa shape index (κ2) is 8.90. The maximum absolute atomic E-state index is 12.6. The second-order valence-electron chi connectivity index (χ2n) is 8.61. The largest absolute Gasteiger partial charge is 0.477 e. The number of aromatic nitrogens is 1. The molecule has 0 radical (unpaired) electrons. The van der Waals surface area contributed by atoms with Crippen LogP contribution in [0.4, 0.5) is 4.79 Å². The van der Waals surface area contributed by atoms with E-state index in [0.717, 1.165) is 33.6 Å². The van der Waals surface area contributed by atoms with Gasteiger partial charge in [0.15, 0.2) is 0 Å². The fraction of sp³-hybridized carbons (Fsp3) is 0.280. The molecule has 34 heavy (non-hydrogen) atoms. The molecule has 2 aliphatic carbocycles. The predicted molar refractivity (Wildman–Crippen MR) is 126 cm³/mol. The van der Waals surface area contributed by atoms with E-state index in [1.807, 2.05) is 24.3 Å². The Balaban J connectivity index is 1.14. The third kappa shape index (κ3) is 4.51. The third-order valence-electron chi connectivity index (χ3n) is 6.26. The number of hydrogen-bond acceptors (Lipinski definition) is 6. The zero-order valence-corrected chi connectivity index (χ0v) is 19.1. The van der Waals surface area contributed by atoms with Crippen LogP contribution < -0.4 is 10.6 Å². The average Bonchev–Trinajstić information content (AvgIpc) is 3.28. The Kier molecular flexibility index (Phi) is 5.79. The van der Waals surface area contributed by atoms with Gasteiger partial charge in [0.1, 0.15) is 16.5 Å². The number of alkyl carbamates (subject to hydrolysis) is 1. The molecule has 3 aromatic rings. The molecule has 0 bridgehead atoms. The zero-order valence-electron chi connectivity index (χ0n) is 18.2. The van der Waals surface area contributed by atoms with Crippen molar-refractivity contribution in [2.45, 2.75) is 37.3 Å². The summed E-state index contributed by atoms with van der Waals surface area (Å²) in [5.41, 5.74) is 4.02. The Bertz CT molecular complexity index is 1220. The lowest BCUT2D eigenvalue weighted by molar-refractivity contribution is -0.121. The zero-order chi connectivity index (χ0) is 23.7. The van der Waals surface area contributed by atoms with Crippen LogP contribution in [0.25, 0.3) is 11.1 Å². The number of carbonyl (C=O) groups excluding carboxylic acids is 2. The number of hydrogen-bond donors (Lipinski definition) is 3. The van der Waals surface area contributed by atoms with Crippen molar-refractivity contribution < 1.29 is 24.2 Å². The van der Waals surface area contributed by atoms with Crippen LogP contribution in [0.3, 0.4) is 0 Å². The molecule has 1 fully saturated rings. The molecule has 8 nitrogen and oxygen atoms in total. The Morgan fingerprint density at radius 1 is 1.06 bits per heavy atom. The standard InChI is InChI=1S/C25H23N3O5S/c29-21(26-13-22-27-12-20(34-22)23(30)31)11-25(9-10-25)28-24(32)33-14-19-17-7-3-1-5-15(17)16-6-2-4-8-18(16)19/h1-8,12,19H,9-11,13-14H2,(H,26,29)(H,28,32)(H,30,31). The van der Waals surface area contributed by atoms with Crippen molar-refractivity contribution in [3.63, 3.8) is 0 Å². The summed E-state index contributed by atoms with van der Waals surface area (Å²) in [4.78, 5) is 40.0. The molecule has 0 atom stereocenters. The second-order valence-corrected chi connectivity index (χ2v) is 9.72. The van der Waals surface area contributed by atoms with E-state index >= 15 is 0 Å². The molecule has 1 saturated carbocycles. The number of carboxylic acid groups (broad SMARTS) is 1. The van der Waals surface area contributed by atoms with Crippen LogP contribution in [-0.2, 0) is 16.1 Å². The van der Waals surface area contributed by atoms with Crippen LogP contribution in [-0.4, -0.2) is 40.2 Å². The number of fused-ring (bicyclic) bond motifs is 3. The van der Waals surface area contributed by atoms with E-state index in [-0.39, 0.29) is 36.3 Å². The highest BCUT2D eigenvalue weighted by atomic mass is 32.1. The van der Waals surface area contributed by atoms with E-state index in [0.29, 0.717) is 17.8 Å². The van der Waals surface area contributed by atoms with Gasteiger partial charge in [-0.05, 0) is 35.1 Å². The van der Waals surface area contributed by atoms with Crippen molar-refractivity contribution in [3.05, 3.63) is 75.7 Å². The molecule has 2 amide bonds. The number of carbonyl (C=O) groups is 3. The number of benzene rings is 2. The lowest BCUT2D eigenvalue weighted by Crippen LogP contribution is -2.41. The molecule has 2 aliphatic rings. The summed E-state index contributed by atoms with van der Waals surface area (Å²) in [5, 5.41) is 15.1. The van der Waals surface area contributed by atoms with Crippen LogP contribution in [0.5, 0.6) is 0 Å². The number of nitrogens with zero attached hydrogens (tertiary/aromatic N) is 1. The highest BCUT2D eigenvalue weighted by Crippen LogP contribution is 2.44. The molecule has 0 saturated heterocycles. The van der Waals surface area contributed by atoms with Gasteiger partial charge in [-0.2, -0.15) is 0 Å². The minimum Gasteiger partial charge on any atom is -0.477 e. The molecular formula is C25H23N3O5S. The maximum atomic E-state index is 12.6. The van der Waals surface area contributed by atoms with E-state index in [2.05, 4.69) is 39.9 Å². The van der Waals surface area contributed by atoms with E-state index in [1.165, 1.54) is 6.20 Å². The molecule has 0 unspecified atom stereocenters. The molecule has 9 heteroatoms. The highest BCUT2D eigenvalue weighted by Gasteiger charge is 2.46. The predicted octanol–water partition coefficient (Wildman–Crippen LogP) is 3.92. The molecule has 1 heterocycles. The lowest BCUT2D eigenvalue weighted by atomic mass is 9.98. The van der Waals surface area contributed by atoms with Gasteiger partial charge < -0.3 is 20.5 Å². The molecule has 0 aliphatic heterocycles. The van der Waals surface area contributed by atoms with Gasteiger partial charge in [0.2, 0.25) is 5.91 Å². The fourth-order valence-corrected chi connectivity index (χ4v) is 5.08. The molecule has 174 valence electrons. The van der Waals surface area contributed by atoms with Crippen molar-refractivity contribution in [2.24, 2.45) is 0 Å². The lowest BCUT2D eigenvalue weighted by Gasteiger charge is -2.19. The smallest absolute Gasteiger partial charge is 0.407 e. The topological polar surface area (TPSA) is 118 Å². The van der Waals surface area contributed by atoms with E-state index in [1.54, 1.807) is 0 Å². The molecule has 5 rings (SSSR count). The summed E-state index contributed by atoms with van der Waals surface area (Å²) < 4.78 is 5.61. The van der Waals surface area contributed by atoms with Crippen LogP contribution >= 0.6 is 11.3 Å². The van der Waals surface area contributed by atoms with Gasteiger partial charge in [-0.3, -0.25) is 4.79 Å². The van der Waals surface area contributed by atoms with Crippen LogP contribution in [0.1, 0.15) is 51.0 Å². The Morgan fingerprint density at radius 3 is 2.29 bits per heavy atom. The van der Waals surface area contributed by atoms with Crippen LogP contribution in [0.2, 0.25) is 0 Å². The van der Waals surface area contributed by atoms with Crippen molar-refractivity contribution in [1.82, 2.24) is 15.6 Å². The van der Waals surface area contributed by atoms with Gasteiger partial charge in [-0.1, -0.05) is 48.5 Å². The molecule has 1 aromatic heterocycles. The van der Waals surface area contributed by atoms with E-state index < -0.39 is 17.6 Å². The first-order chi connectivity index (χ1) is 16.4. The molecule has 3 N–H and O–H groups in total. The van der Waals surface area contributed by atoms with Crippen molar-refractivity contribution in [3.8, 4) is 11.1 Å². The summed E-state index contributed by atoms with van der Waals surface area (Å²) in [6, 6.07) is 16.3. The number of aromatic carboxylic acids is 1. The fourth-order valence-electron chi connectivity index (χ4n) is 4.38. The van der Waals surface area contributed by atoms with Crippen LogP contribution in [0.15, 0.2) is 54.7 Å². The number of ether oxygens (including phenoxy) is 1. The normalized spacial score (nSPS) is 15.2. The van der Waals surface area contributed by atoms with Gasteiger partial charge in [-0.25, -0.2) is 14.6 Å². The van der Waals surface area contributed by atoms with Gasteiger partial charge >= 0.3 is 12.1 Å². The Labute approximate surface area is 200 Å². The summed E-state index contributed by atoms with van der Waals surface area (Å²) in [6.07, 6.45) is 2.28. The third-order valence-corrected chi connectivity index (χ3v) is 7.25. The minimum absolute atomic E-state index is 0.0226. The molecular weight excluding hydrogens is 454 g/mol. The summed E-state index contributed by atoms with van der Waals surface area (Å²) in [7, 11) is 0. The first-order valence-electron chi connectivity index (χ1n) is 11.0. The number of carboxylic acids is 1. The Morgan fingerprint density at radius 2 is 1.71 bits per heavy atom. The number of amides is 2. The van der Waals surface area contributed by atoms with Crippen molar-refractivity contribution in [1.29, 1.82) is 0 Å². The van der Waals surface area contributed by atoms with E-state index in [9.17, 15) is 14.4 Å². The number of thiazole rings is 1. The number of rotatable bonds is 8. The van der Waals surface area contributed by atoms with Crippen molar-refractivity contribution in [2.75, 3.05) is 6.61 Å². The van der Waals surface area contributed by atoms with E-state index in [4.69, 9.17) is 9.84 Å². The Hall–Kier alpha value is -3.72. The monoisotopic (exact) mass is 477 g/mol. The van der Waals surface area contributed by atoms with Crippen LogP contribution in [0, 0.1) is 0 Å². The minimum atomic E-state index is -1.04. The van der Waals surface area contributed by atoms with Gasteiger partial charge in [-0.15, -0.1) is 11.3 Å². The first-order valence-corrected chi connectivity index (χ1v) is 11.8. The van der Waals surface area contributed by atoms with Gasteiger partial charge in [0, 0.05) is 12.3 Å². The first kappa shape index (κ1) is 22.1. The highest BCUT2D eigenvalue weighted by molar-refractivity contribution is 7.13. The van der Waals surface area contributed by atoms with Gasteiger partial charge in [0.05, 0.1) is 18.3 Å². The van der Waals surface area contributed by atoms with Crippen molar-refractivity contribution >= 4 is 29.3 Å². The number of nitrogens with one attached hydrogen (secondary N) is 2. The summed E-state index contributed by atoms with van der Waals surface area (Å²) >= 11 is 1.02. The average molecular weight is 478 g/mol. The van der Waals surface area contributed by atoms with Gasteiger partial charge in [0.25, 0.3) is 0 Å². The maximum Gasteiger partial charge on any atom is 0.407 e. The summed E-state index contributed by atoms with van der Waals surface area (Å²) in [6.45, 7) is 0.371. The molecule has 0 spiro atoms. The summed E-state index contributed by atoms with van der Waals surface area (Å²) in [5.74, 6) is -1.30.